The molecule has 0 radical (unpaired) electrons. The Kier molecular flexibility index (Phi) is 4.58. The molecule has 0 unspecified atom stereocenters. The second kappa shape index (κ2) is 7.57. The van der Waals surface area contributed by atoms with Crippen LogP contribution in [0.15, 0.2) is 84.9 Å². The van der Waals surface area contributed by atoms with E-state index < -0.39 is 5.60 Å². The summed E-state index contributed by atoms with van der Waals surface area (Å²) in [5.41, 5.74) is 4.67. The average Bonchev–Trinajstić information content (AvgIpc) is 3.09. The number of hydrogen-bond acceptors (Lipinski definition) is 4. The quantitative estimate of drug-likeness (QED) is 0.372. The highest BCUT2D eigenvalue weighted by atomic mass is 16.5. The molecule has 4 aromatic rings. The maximum absolute atomic E-state index is 13.9. The Morgan fingerprint density at radius 1 is 0.771 bits per heavy atom. The first-order chi connectivity index (χ1) is 16.8. The highest BCUT2D eigenvalue weighted by Crippen LogP contribution is 2.51. The van der Waals surface area contributed by atoms with Crippen molar-refractivity contribution >= 4 is 11.8 Å². The molecule has 0 aromatic heterocycles. The predicted molar refractivity (Wildman–Crippen MR) is 133 cm³/mol. The van der Waals surface area contributed by atoms with Crippen molar-refractivity contribution in [2.45, 2.75) is 26.0 Å². The summed E-state index contributed by atoms with van der Waals surface area (Å²) in [6, 6.07) is 26.1. The van der Waals surface area contributed by atoms with Gasteiger partial charge in [-0.1, -0.05) is 60.7 Å². The fourth-order valence-corrected chi connectivity index (χ4v) is 5.22. The van der Waals surface area contributed by atoms with Crippen molar-refractivity contribution in [3.8, 4) is 33.8 Å². The van der Waals surface area contributed by atoms with Crippen LogP contribution in [0.4, 0.5) is 0 Å². The number of phenols is 1. The number of hydrogen-bond donors (Lipinski definition) is 1. The van der Waals surface area contributed by atoms with Crippen LogP contribution in [-0.4, -0.2) is 21.8 Å². The van der Waals surface area contributed by atoms with E-state index in [-0.39, 0.29) is 24.1 Å². The molecule has 6 rings (SSSR count). The van der Waals surface area contributed by atoms with Gasteiger partial charge in [0.05, 0.1) is 17.7 Å². The minimum atomic E-state index is -0.895. The number of ether oxygens (including phenoxy) is 1. The van der Waals surface area contributed by atoms with Gasteiger partial charge in [-0.15, -0.1) is 0 Å². The number of aromatic hydroxyl groups is 1. The van der Waals surface area contributed by atoms with E-state index in [1.165, 1.54) is 4.90 Å². The van der Waals surface area contributed by atoms with Crippen LogP contribution in [0.25, 0.3) is 22.3 Å². The van der Waals surface area contributed by atoms with Crippen molar-refractivity contribution < 1.29 is 19.4 Å². The summed E-state index contributed by atoms with van der Waals surface area (Å²) in [5, 5.41) is 10.1. The van der Waals surface area contributed by atoms with Crippen molar-refractivity contribution in [3.05, 3.63) is 107 Å². The lowest BCUT2D eigenvalue weighted by atomic mass is 9.79. The van der Waals surface area contributed by atoms with Gasteiger partial charge in [0.15, 0.2) is 0 Å². The number of imide groups is 1. The van der Waals surface area contributed by atoms with Crippen molar-refractivity contribution in [3.63, 3.8) is 0 Å². The fraction of sp³-hybridized carbons (Fsp3) is 0.133. The van der Waals surface area contributed by atoms with E-state index in [2.05, 4.69) is 0 Å². The summed E-state index contributed by atoms with van der Waals surface area (Å²) in [5.74, 6) is 0.0247. The highest BCUT2D eigenvalue weighted by Gasteiger charge is 2.46. The first-order valence-corrected chi connectivity index (χ1v) is 11.5. The van der Waals surface area contributed by atoms with Gasteiger partial charge in [-0.05, 0) is 54.3 Å². The van der Waals surface area contributed by atoms with Gasteiger partial charge < -0.3 is 9.84 Å². The van der Waals surface area contributed by atoms with Gasteiger partial charge in [0.2, 0.25) is 0 Å². The third kappa shape index (κ3) is 3.23. The summed E-state index contributed by atoms with van der Waals surface area (Å²) in [7, 11) is 0. The van der Waals surface area contributed by atoms with Gasteiger partial charge in [0.25, 0.3) is 11.8 Å². The summed E-state index contributed by atoms with van der Waals surface area (Å²) in [6.45, 7) is 3.97. The zero-order valence-corrected chi connectivity index (χ0v) is 19.4. The van der Waals surface area contributed by atoms with Crippen LogP contribution in [0.2, 0.25) is 0 Å². The summed E-state index contributed by atoms with van der Waals surface area (Å²) >= 11 is 0. The van der Waals surface area contributed by atoms with E-state index in [0.29, 0.717) is 28.0 Å². The van der Waals surface area contributed by atoms with Crippen LogP contribution in [-0.2, 0) is 12.1 Å². The maximum Gasteiger partial charge on any atom is 0.262 e. The standard InChI is InChI=1S/C30H23NO4/c1-30(2)27-23(21-14-13-20(32)15-24(21)35-30)16-22(19-11-7-4-8-12-19)25-26(27)29(34)31(28(25)33)17-18-9-5-3-6-10-18/h3-16,32H,17H2,1-2H3. The molecule has 2 amide bonds. The molecule has 2 aliphatic heterocycles. The van der Waals surface area contributed by atoms with Gasteiger partial charge in [0.1, 0.15) is 17.1 Å². The van der Waals surface area contributed by atoms with Gasteiger partial charge >= 0.3 is 0 Å². The molecule has 35 heavy (non-hydrogen) atoms. The molecule has 172 valence electrons. The lowest BCUT2D eigenvalue weighted by Crippen LogP contribution is -2.33. The number of nitrogens with zero attached hydrogens (tertiary/aromatic N) is 1. The Morgan fingerprint density at radius 3 is 2.14 bits per heavy atom. The zero-order chi connectivity index (χ0) is 24.3. The van der Waals surface area contributed by atoms with Crippen molar-refractivity contribution in [2.24, 2.45) is 0 Å². The predicted octanol–water partition coefficient (Wildman–Crippen LogP) is 6.15. The number of amides is 2. The van der Waals surface area contributed by atoms with E-state index in [1.54, 1.807) is 18.2 Å². The molecule has 0 spiro atoms. The van der Waals surface area contributed by atoms with Crippen LogP contribution in [0.5, 0.6) is 11.5 Å². The maximum atomic E-state index is 13.9. The lowest BCUT2D eigenvalue weighted by Gasteiger charge is -2.36. The van der Waals surface area contributed by atoms with Gasteiger partial charge in [-0.3, -0.25) is 14.5 Å². The molecule has 5 heteroatoms. The molecule has 2 heterocycles. The molecule has 0 saturated carbocycles. The molecular weight excluding hydrogens is 438 g/mol. The van der Waals surface area contributed by atoms with Gasteiger partial charge in [-0.2, -0.15) is 0 Å². The molecule has 0 bridgehead atoms. The Hall–Kier alpha value is -4.38. The first kappa shape index (κ1) is 21.2. The zero-order valence-electron chi connectivity index (χ0n) is 19.4. The Labute approximate surface area is 203 Å². The number of carbonyl (C=O) groups excluding carboxylic acids is 2. The van der Waals surface area contributed by atoms with Crippen LogP contribution in [0, 0.1) is 0 Å². The third-order valence-corrected chi connectivity index (χ3v) is 6.74. The number of phenolic OH excluding ortho intramolecular Hbond substituents is 1. The fourth-order valence-electron chi connectivity index (χ4n) is 5.22. The summed E-state index contributed by atoms with van der Waals surface area (Å²) in [4.78, 5) is 29.1. The number of rotatable bonds is 3. The molecule has 4 aromatic carbocycles. The van der Waals surface area contributed by atoms with E-state index in [1.807, 2.05) is 80.6 Å². The van der Waals surface area contributed by atoms with Crippen LogP contribution in [0.3, 0.4) is 0 Å². The van der Waals surface area contributed by atoms with Crippen LogP contribution in [0.1, 0.15) is 45.7 Å². The van der Waals surface area contributed by atoms with Crippen molar-refractivity contribution in [2.75, 3.05) is 0 Å². The molecule has 0 atom stereocenters. The number of carbonyl (C=O) groups is 2. The smallest absolute Gasteiger partial charge is 0.262 e. The van der Waals surface area contributed by atoms with Crippen molar-refractivity contribution in [1.29, 1.82) is 0 Å². The monoisotopic (exact) mass is 461 g/mol. The Bertz CT molecular complexity index is 1510. The molecule has 5 nitrogen and oxygen atoms in total. The van der Waals surface area contributed by atoms with Crippen LogP contribution < -0.4 is 4.74 Å². The Morgan fingerprint density at radius 2 is 1.43 bits per heavy atom. The molecule has 1 N–H and O–H groups in total. The van der Waals surface area contributed by atoms with Crippen molar-refractivity contribution in [1.82, 2.24) is 4.90 Å². The highest BCUT2D eigenvalue weighted by molar-refractivity contribution is 6.25. The average molecular weight is 462 g/mol. The van der Waals surface area contributed by atoms with Gasteiger partial charge in [0, 0.05) is 17.2 Å². The molecule has 0 fully saturated rings. The van der Waals surface area contributed by atoms with Crippen LogP contribution >= 0.6 is 0 Å². The largest absolute Gasteiger partial charge is 0.508 e. The molecule has 0 aliphatic carbocycles. The van der Waals surface area contributed by atoms with E-state index in [0.717, 1.165) is 22.3 Å². The summed E-state index contributed by atoms with van der Waals surface area (Å²) < 4.78 is 6.29. The lowest BCUT2D eigenvalue weighted by molar-refractivity contribution is 0.0634. The van der Waals surface area contributed by atoms with E-state index in [4.69, 9.17) is 4.74 Å². The third-order valence-electron chi connectivity index (χ3n) is 6.74. The van der Waals surface area contributed by atoms with E-state index in [9.17, 15) is 14.7 Å². The topological polar surface area (TPSA) is 66.8 Å². The second-order valence-electron chi connectivity index (χ2n) is 9.44. The SMILES string of the molecule is CC1(C)Oc2cc(O)ccc2-c2cc(-c3ccccc3)c3c(c21)C(=O)N(Cc1ccccc1)C3=O. The van der Waals surface area contributed by atoms with Gasteiger partial charge in [-0.25, -0.2) is 0 Å². The first-order valence-electron chi connectivity index (χ1n) is 11.5. The normalized spacial score (nSPS) is 15.3. The number of fused-ring (bicyclic) bond motifs is 5. The minimum absolute atomic E-state index is 0.104. The number of benzene rings is 4. The molecular formula is C30H23NO4. The summed E-state index contributed by atoms with van der Waals surface area (Å²) in [6.07, 6.45) is 0. The minimum Gasteiger partial charge on any atom is -0.508 e. The molecule has 0 saturated heterocycles. The second-order valence-corrected chi connectivity index (χ2v) is 9.44. The molecule has 2 aliphatic rings. The van der Waals surface area contributed by atoms with E-state index >= 15 is 0 Å². The Balaban J connectivity index is 1.64.